The Labute approximate surface area is 147 Å². The minimum atomic E-state index is -0.990. The maximum atomic E-state index is 11.8. The summed E-state index contributed by atoms with van der Waals surface area (Å²) in [4.78, 5) is 23.0. The first kappa shape index (κ1) is 20.5. The van der Waals surface area contributed by atoms with Crippen molar-refractivity contribution in [2.45, 2.75) is 52.2 Å². The normalized spacial score (nSPS) is 12.7. The molecule has 0 amide bonds. The van der Waals surface area contributed by atoms with Gasteiger partial charge in [-0.1, -0.05) is 23.7 Å². The van der Waals surface area contributed by atoms with Crippen LogP contribution in [0.3, 0.4) is 0 Å². The van der Waals surface area contributed by atoms with Gasteiger partial charge in [0, 0.05) is 11.6 Å². The highest BCUT2D eigenvalue weighted by Crippen LogP contribution is 2.17. The van der Waals surface area contributed by atoms with Crippen molar-refractivity contribution in [3.05, 3.63) is 34.9 Å². The van der Waals surface area contributed by atoms with Gasteiger partial charge in [-0.05, 0) is 51.3 Å². The highest BCUT2D eigenvalue weighted by molar-refractivity contribution is 6.30. The number of hydrogen-bond acceptors (Lipinski definition) is 4. The van der Waals surface area contributed by atoms with E-state index in [2.05, 4.69) is 0 Å². The number of aliphatic carboxylic acids is 1. The zero-order valence-corrected chi connectivity index (χ0v) is 15.1. The molecule has 1 rings (SSSR count). The lowest BCUT2D eigenvalue weighted by atomic mass is 10.00. The molecule has 0 saturated carbocycles. The van der Waals surface area contributed by atoms with Crippen LogP contribution in [-0.4, -0.2) is 29.3 Å². The molecule has 0 aliphatic rings. The van der Waals surface area contributed by atoms with Crippen LogP contribution in [0.25, 0.3) is 0 Å². The summed E-state index contributed by atoms with van der Waals surface area (Å²) in [6.45, 7) is 6.11. The van der Waals surface area contributed by atoms with E-state index < -0.39 is 23.5 Å². The number of carbonyl (C=O) groups excluding carboxylic acids is 1. The Kier molecular flexibility index (Phi) is 8.22. The zero-order valence-electron chi connectivity index (χ0n) is 14.4. The lowest BCUT2D eigenvalue weighted by Crippen LogP contribution is -2.27. The molecule has 0 unspecified atom stereocenters. The van der Waals surface area contributed by atoms with Crippen LogP contribution in [0.1, 0.15) is 45.6 Å². The molecule has 0 aromatic heterocycles. The molecule has 1 atom stereocenters. The van der Waals surface area contributed by atoms with Crippen LogP contribution in [0.4, 0.5) is 0 Å². The van der Waals surface area contributed by atoms with E-state index in [1.807, 2.05) is 18.2 Å². The lowest BCUT2D eigenvalue weighted by Gasteiger charge is -2.21. The maximum Gasteiger partial charge on any atom is 0.307 e. The maximum absolute atomic E-state index is 11.8. The highest BCUT2D eigenvalue weighted by atomic mass is 35.5. The van der Waals surface area contributed by atoms with E-state index in [1.54, 1.807) is 26.8 Å². The summed E-state index contributed by atoms with van der Waals surface area (Å²) >= 11 is 5.89. The van der Waals surface area contributed by atoms with E-state index in [0.29, 0.717) is 31.1 Å². The van der Waals surface area contributed by atoms with Crippen molar-refractivity contribution in [3.63, 3.8) is 0 Å². The summed E-state index contributed by atoms with van der Waals surface area (Å²) in [7, 11) is 0. The third-order valence-corrected chi connectivity index (χ3v) is 3.42. The number of carbonyl (C=O) groups is 2. The second-order valence-electron chi connectivity index (χ2n) is 6.65. The molecule has 5 nitrogen and oxygen atoms in total. The van der Waals surface area contributed by atoms with Crippen LogP contribution < -0.4 is 0 Å². The molecule has 0 fully saturated rings. The lowest BCUT2D eigenvalue weighted by molar-refractivity contribution is -0.160. The van der Waals surface area contributed by atoms with Crippen LogP contribution in [-0.2, 0) is 25.7 Å². The number of benzene rings is 1. The molecule has 1 aromatic rings. The van der Waals surface area contributed by atoms with Crippen LogP contribution in [0, 0.1) is 5.92 Å². The summed E-state index contributed by atoms with van der Waals surface area (Å²) < 4.78 is 10.7. The Morgan fingerprint density at radius 2 is 2.00 bits per heavy atom. The standard InChI is InChI=1S/C18H25ClO5/c1-18(2,3)24-16(20)11-14(17(21)22)7-5-9-23-12-13-6-4-8-15(19)10-13/h4,6,8,10,14H,5,7,9,11-12H2,1-3H3,(H,21,22)/t14-/m0/s1. The molecule has 24 heavy (non-hydrogen) atoms. The van der Waals surface area contributed by atoms with E-state index in [9.17, 15) is 14.7 Å². The smallest absolute Gasteiger partial charge is 0.307 e. The van der Waals surface area contributed by atoms with Crippen molar-refractivity contribution in [2.24, 2.45) is 5.92 Å². The van der Waals surface area contributed by atoms with Gasteiger partial charge in [0.05, 0.1) is 18.9 Å². The molecule has 0 bridgehead atoms. The molecule has 0 spiro atoms. The summed E-state index contributed by atoms with van der Waals surface area (Å²) in [5.74, 6) is -2.24. The Bertz CT molecular complexity index is 551. The second-order valence-corrected chi connectivity index (χ2v) is 7.09. The van der Waals surface area contributed by atoms with Gasteiger partial charge in [0.15, 0.2) is 0 Å². The molecular formula is C18H25ClO5. The van der Waals surface area contributed by atoms with Crippen molar-refractivity contribution in [1.29, 1.82) is 0 Å². The number of hydrogen-bond donors (Lipinski definition) is 1. The molecule has 1 N–H and O–H groups in total. The molecule has 0 saturated heterocycles. The predicted molar refractivity (Wildman–Crippen MR) is 91.9 cm³/mol. The topological polar surface area (TPSA) is 72.8 Å². The third-order valence-electron chi connectivity index (χ3n) is 3.18. The first-order valence-electron chi connectivity index (χ1n) is 7.94. The average Bonchev–Trinajstić information content (AvgIpc) is 2.43. The van der Waals surface area contributed by atoms with Gasteiger partial charge in [0.25, 0.3) is 0 Å². The number of halogens is 1. The molecular weight excluding hydrogens is 332 g/mol. The quantitative estimate of drug-likeness (QED) is 0.533. The molecule has 0 heterocycles. The van der Waals surface area contributed by atoms with Gasteiger partial charge in [-0.25, -0.2) is 0 Å². The summed E-state index contributed by atoms with van der Waals surface area (Å²) in [6, 6.07) is 7.38. The molecule has 134 valence electrons. The van der Waals surface area contributed by atoms with Crippen molar-refractivity contribution < 1.29 is 24.2 Å². The summed E-state index contributed by atoms with van der Waals surface area (Å²) in [5, 5.41) is 9.87. The number of esters is 1. The van der Waals surface area contributed by atoms with Gasteiger partial charge < -0.3 is 14.6 Å². The van der Waals surface area contributed by atoms with Crippen LogP contribution in [0.2, 0.25) is 5.02 Å². The van der Waals surface area contributed by atoms with Crippen LogP contribution >= 0.6 is 11.6 Å². The van der Waals surface area contributed by atoms with Gasteiger partial charge in [0.2, 0.25) is 0 Å². The number of carboxylic acid groups (broad SMARTS) is 1. The highest BCUT2D eigenvalue weighted by Gasteiger charge is 2.24. The Hall–Kier alpha value is -1.59. The third kappa shape index (κ3) is 8.89. The van der Waals surface area contributed by atoms with Gasteiger partial charge in [-0.2, -0.15) is 0 Å². The van der Waals surface area contributed by atoms with Crippen molar-refractivity contribution >= 4 is 23.5 Å². The van der Waals surface area contributed by atoms with Gasteiger partial charge in [-0.15, -0.1) is 0 Å². The number of rotatable bonds is 9. The van der Waals surface area contributed by atoms with E-state index in [0.717, 1.165) is 5.56 Å². The summed E-state index contributed by atoms with van der Waals surface area (Å²) in [6.07, 6.45) is 0.797. The Balaban J connectivity index is 2.31. The van der Waals surface area contributed by atoms with E-state index in [-0.39, 0.29) is 6.42 Å². The first-order valence-corrected chi connectivity index (χ1v) is 8.32. The first-order chi connectivity index (χ1) is 11.2. The monoisotopic (exact) mass is 356 g/mol. The number of ether oxygens (including phenoxy) is 2. The largest absolute Gasteiger partial charge is 0.481 e. The molecule has 0 aliphatic heterocycles. The fourth-order valence-corrected chi connectivity index (χ4v) is 2.36. The van der Waals surface area contributed by atoms with Gasteiger partial charge in [0.1, 0.15) is 5.60 Å². The molecule has 6 heteroatoms. The van der Waals surface area contributed by atoms with Gasteiger partial charge >= 0.3 is 11.9 Å². The van der Waals surface area contributed by atoms with E-state index >= 15 is 0 Å². The SMILES string of the molecule is CC(C)(C)OC(=O)C[C@H](CCCOCc1cccc(Cl)c1)C(=O)O. The van der Waals surface area contributed by atoms with Gasteiger partial charge in [-0.3, -0.25) is 9.59 Å². The average molecular weight is 357 g/mol. The zero-order chi connectivity index (χ0) is 18.2. The minimum absolute atomic E-state index is 0.124. The summed E-state index contributed by atoms with van der Waals surface area (Å²) in [5.41, 5.74) is 0.353. The Morgan fingerprint density at radius 3 is 2.58 bits per heavy atom. The molecule has 1 aromatic carbocycles. The number of carboxylic acids is 1. The van der Waals surface area contributed by atoms with Crippen LogP contribution in [0.15, 0.2) is 24.3 Å². The fourth-order valence-electron chi connectivity index (χ4n) is 2.15. The molecule has 0 aliphatic carbocycles. The molecule has 0 radical (unpaired) electrons. The van der Waals surface area contributed by atoms with Crippen LogP contribution in [0.5, 0.6) is 0 Å². The minimum Gasteiger partial charge on any atom is -0.481 e. The van der Waals surface area contributed by atoms with E-state index in [1.165, 1.54) is 0 Å². The predicted octanol–water partition coefficient (Wildman–Crippen LogP) is 4.07. The Morgan fingerprint density at radius 1 is 1.29 bits per heavy atom. The fraction of sp³-hybridized carbons (Fsp3) is 0.556. The second kappa shape index (κ2) is 9.64. The van der Waals surface area contributed by atoms with E-state index in [4.69, 9.17) is 21.1 Å². The van der Waals surface area contributed by atoms with Crippen molar-refractivity contribution in [2.75, 3.05) is 6.61 Å². The van der Waals surface area contributed by atoms with Crippen molar-refractivity contribution in [3.8, 4) is 0 Å². The van der Waals surface area contributed by atoms with Crippen molar-refractivity contribution in [1.82, 2.24) is 0 Å².